The number of amides is 1. The van der Waals surface area contributed by atoms with Crippen molar-refractivity contribution < 1.29 is 18.0 Å². The Bertz CT molecular complexity index is 506. The van der Waals surface area contributed by atoms with Gasteiger partial charge in [-0.2, -0.15) is 13.2 Å². The average molecular weight is 337 g/mol. The fourth-order valence-electron chi connectivity index (χ4n) is 1.85. The van der Waals surface area contributed by atoms with E-state index in [0.717, 1.165) is 25.0 Å². The number of carbonyl (C=O) groups excluding carboxylic acids is 1. The van der Waals surface area contributed by atoms with Gasteiger partial charge in [0.15, 0.2) is 0 Å². The summed E-state index contributed by atoms with van der Waals surface area (Å²) < 4.78 is 37.9. The Morgan fingerprint density at radius 1 is 1.36 bits per heavy atom. The SMILES string of the molecule is CCCCN(C)C(=O)CCNc1cc(C(F)(F)F)ccc1Cl. The lowest BCUT2D eigenvalue weighted by Crippen LogP contribution is -2.29. The van der Waals surface area contributed by atoms with E-state index in [-0.39, 0.29) is 29.6 Å². The lowest BCUT2D eigenvalue weighted by molar-refractivity contribution is -0.137. The molecule has 1 aromatic carbocycles. The van der Waals surface area contributed by atoms with Crippen molar-refractivity contribution in [3.8, 4) is 0 Å². The van der Waals surface area contributed by atoms with Gasteiger partial charge in [-0.15, -0.1) is 0 Å². The number of nitrogens with one attached hydrogen (secondary N) is 1. The molecule has 1 N–H and O–H groups in total. The van der Waals surface area contributed by atoms with Gasteiger partial charge in [0.25, 0.3) is 0 Å². The molecule has 0 spiro atoms. The fourth-order valence-corrected chi connectivity index (χ4v) is 2.04. The highest BCUT2D eigenvalue weighted by molar-refractivity contribution is 6.33. The zero-order valence-electron chi connectivity index (χ0n) is 12.6. The molecule has 3 nitrogen and oxygen atoms in total. The highest BCUT2D eigenvalue weighted by Gasteiger charge is 2.30. The van der Waals surface area contributed by atoms with Crippen LogP contribution in [0.5, 0.6) is 0 Å². The second-order valence-corrected chi connectivity index (χ2v) is 5.45. The van der Waals surface area contributed by atoms with E-state index in [1.807, 2.05) is 6.92 Å². The first-order valence-corrected chi connectivity index (χ1v) is 7.48. The largest absolute Gasteiger partial charge is 0.416 e. The lowest BCUT2D eigenvalue weighted by Gasteiger charge is -2.17. The van der Waals surface area contributed by atoms with Crippen LogP contribution >= 0.6 is 11.6 Å². The Morgan fingerprint density at radius 3 is 2.64 bits per heavy atom. The molecule has 1 aromatic rings. The molecule has 1 amide bonds. The summed E-state index contributed by atoms with van der Waals surface area (Å²) in [7, 11) is 1.72. The molecular weight excluding hydrogens is 317 g/mol. The molecule has 0 radical (unpaired) electrons. The zero-order valence-corrected chi connectivity index (χ0v) is 13.4. The Kier molecular flexibility index (Phi) is 7.00. The predicted octanol–water partition coefficient (Wildman–Crippen LogP) is 4.42. The number of halogens is 4. The third kappa shape index (κ3) is 5.75. The van der Waals surface area contributed by atoms with Crippen molar-refractivity contribution in [3.63, 3.8) is 0 Å². The van der Waals surface area contributed by atoms with Crippen molar-refractivity contribution in [2.45, 2.75) is 32.4 Å². The molecule has 0 saturated heterocycles. The predicted molar refractivity (Wildman–Crippen MR) is 82.1 cm³/mol. The summed E-state index contributed by atoms with van der Waals surface area (Å²) in [5.41, 5.74) is -0.591. The highest BCUT2D eigenvalue weighted by atomic mass is 35.5. The van der Waals surface area contributed by atoms with E-state index in [9.17, 15) is 18.0 Å². The summed E-state index contributed by atoms with van der Waals surface area (Å²) in [5.74, 6) is -0.0518. The summed E-state index contributed by atoms with van der Waals surface area (Å²) in [4.78, 5) is 13.4. The van der Waals surface area contributed by atoms with Crippen LogP contribution in [0.15, 0.2) is 18.2 Å². The molecule has 0 aliphatic rings. The van der Waals surface area contributed by atoms with E-state index < -0.39 is 11.7 Å². The van der Waals surface area contributed by atoms with Gasteiger partial charge in [0.05, 0.1) is 16.3 Å². The van der Waals surface area contributed by atoms with Crippen LogP contribution in [0.4, 0.5) is 18.9 Å². The van der Waals surface area contributed by atoms with Crippen molar-refractivity contribution in [1.82, 2.24) is 4.90 Å². The maximum atomic E-state index is 12.6. The minimum absolute atomic E-state index is 0.0518. The Labute approximate surface area is 133 Å². The van der Waals surface area contributed by atoms with Gasteiger partial charge >= 0.3 is 6.18 Å². The molecule has 0 aromatic heterocycles. The summed E-state index contributed by atoms with van der Waals surface area (Å²) in [5, 5.41) is 2.98. The molecule has 7 heteroatoms. The Hall–Kier alpha value is -1.43. The monoisotopic (exact) mass is 336 g/mol. The van der Waals surface area contributed by atoms with E-state index in [0.29, 0.717) is 6.54 Å². The normalized spacial score (nSPS) is 11.4. The van der Waals surface area contributed by atoms with Crippen LogP contribution in [-0.4, -0.2) is 30.9 Å². The van der Waals surface area contributed by atoms with Crippen molar-refractivity contribution in [2.75, 3.05) is 25.5 Å². The van der Waals surface area contributed by atoms with Gasteiger partial charge in [-0.1, -0.05) is 24.9 Å². The van der Waals surface area contributed by atoms with Crippen LogP contribution in [0.25, 0.3) is 0 Å². The zero-order chi connectivity index (χ0) is 16.8. The van der Waals surface area contributed by atoms with E-state index in [2.05, 4.69) is 5.32 Å². The van der Waals surface area contributed by atoms with Crippen molar-refractivity contribution in [1.29, 1.82) is 0 Å². The fraction of sp³-hybridized carbons (Fsp3) is 0.533. The quantitative estimate of drug-likeness (QED) is 0.799. The third-order valence-electron chi connectivity index (χ3n) is 3.22. The molecule has 0 fully saturated rings. The second kappa shape index (κ2) is 8.27. The first-order valence-electron chi connectivity index (χ1n) is 7.10. The van der Waals surface area contributed by atoms with Gasteiger partial charge in [-0.25, -0.2) is 0 Å². The number of anilines is 1. The van der Waals surface area contributed by atoms with Gasteiger partial charge in [0, 0.05) is 26.6 Å². The van der Waals surface area contributed by atoms with Crippen LogP contribution in [0, 0.1) is 0 Å². The minimum atomic E-state index is -4.42. The van der Waals surface area contributed by atoms with Crippen molar-refractivity contribution in [3.05, 3.63) is 28.8 Å². The number of hydrogen-bond acceptors (Lipinski definition) is 2. The molecular formula is C15H20ClF3N2O. The van der Waals surface area contributed by atoms with E-state index >= 15 is 0 Å². The maximum absolute atomic E-state index is 12.6. The molecule has 0 bridgehead atoms. The van der Waals surface area contributed by atoms with Crippen LogP contribution in [-0.2, 0) is 11.0 Å². The van der Waals surface area contributed by atoms with Crippen molar-refractivity contribution >= 4 is 23.2 Å². The van der Waals surface area contributed by atoms with Gasteiger partial charge in [0.2, 0.25) is 5.91 Å². The van der Waals surface area contributed by atoms with Crippen LogP contribution in [0.1, 0.15) is 31.7 Å². The number of unbranched alkanes of at least 4 members (excludes halogenated alkanes) is 1. The van der Waals surface area contributed by atoms with Crippen LogP contribution in [0.3, 0.4) is 0 Å². The second-order valence-electron chi connectivity index (χ2n) is 5.04. The summed E-state index contributed by atoms with van der Waals surface area (Å²) in [6.45, 7) is 2.95. The van der Waals surface area contributed by atoms with E-state index in [4.69, 9.17) is 11.6 Å². The van der Waals surface area contributed by atoms with E-state index in [1.54, 1.807) is 11.9 Å². The van der Waals surface area contributed by atoms with Gasteiger partial charge < -0.3 is 10.2 Å². The highest BCUT2D eigenvalue weighted by Crippen LogP contribution is 2.33. The molecule has 0 unspecified atom stereocenters. The maximum Gasteiger partial charge on any atom is 0.416 e. The average Bonchev–Trinajstić information content (AvgIpc) is 2.45. The molecule has 0 saturated carbocycles. The molecule has 124 valence electrons. The Balaban J connectivity index is 2.56. The first-order chi connectivity index (χ1) is 10.3. The number of carbonyl (C=O) groups is 1. The third-order valence-corrected chi connectivity index (χ3v) is 3.55. The number of hydrogen-bond donors (Lipinski definition) is 1. The molecule has 0 atom stereocenters. The molecule has 0 aliphatic carbocycles. The summed E-state index contributed by atoms with van der Waals surface area (Å²) in [6, 6.07) is 3.08. The standard InChI is InChI=1S/C15H20ClF3N2O/c1-3-4-9-21(2)14(22)7-8-20-13-10-11(15(17,18)19)5-6-12(13)16/h5-6,10,20H,3-4,7-9H2,1-2H3. The smallest absolute Gasteiger partial charge is 0.383 e. The minimum Gasteiger partial charge on any atom is -0.383 e. The molecule has 22 heavy (non-hydrogen) atoms. The number of rotatable bonds is 7. The topological polar surface area (TPSA) is 32.3 Å². The molecule has 0 heterocycles. The number of benzene rings is 1. The van der Waals surface area contributed by atoms with Crippen molar-refractivity contribution in [2.24, 2.45) is 0 Å². The van der Waals surface area contributed by atoms with Gasteiger partial charge in [-0.3, -0.25) is 4.79 Å². The molecule has 1 rings (SSSR count). The van der Waals surface area contributed by atoms with Gasteiger partial charge in [-0.05, 0) is 24.6 Å². The molecule has 0 aliphatic heterocycles. The summed E-state index contributed by atoms with van der Waals surface area (Å²) in [6.07, 6.45) is -2.30. The number of nitrogens with zero attached hydrogens (tertiary/aromatic N) is 1. The number of alkyl halides is 3. The van der Waals surface area contributed by atoms with Crippen LogP contribution < -0.4 is 5.32 Å². The Morgan fingerprint density at radius 2 is 2.05 bits per heavy atom. The van der Waals surface area contributed by atoms with Gasteiger partial charge in [0.1, 0.15) is 0 Å². The van der Waals surface area contributed by atoms with Crippen LogP contribution in [0.2, 0.25) is 5.02 Å². The summed E-state index contributed by atoms with van der Waals surface area (Å²) >= 11 is 5.87. The van der Waals surface area contributed by atoms with E-state index in [1.165, 1.54) is 6.07 Å². The first kappa shape index (κ1) is 18.6. The lowest BCUT2D eigenvalue weighted by atomic mass is 10.2.